The van der Waals surface area contributed by atoms with E-state index in [-0.39, 0.29) is 17.2 Å². The van der Waals surface area contributed by atoms with E-state index in [9.17, 15) is 13.2 Å². The minimum Gasteiger partial charge on any atom is -0.497 e. The number of hydrogen-bond donors (Lipinski definition) is 1. The van der Waals surface area contributed by atoms with E-state index in [0.29, 0.717) is 5.13 Å². The van der Waals surface area contributed by atoms with Crippen molar-refractivity contribution in [3.8, 4) is 17.0 Å². The lowest BCUT2D eigenvalue weighted by atomic mass is 10.1. The first kappa shape index (κ1) is 20.0. The van der Waals surface area contributed by atoms with Gasteiger partial charge in [0, 0.05) is 16.7 Å². The summed E-state index contributed by atoms with van der Waals surface area (Å²) in [6.07, 6.45) is 1.29. The quantitative estimate of drug-likeness (QED) is 0.662. The summed E-state index contributed by atoms with van der Waals surface area (Å²) in [5, 5.41) is 3.34. The Bertz CT molecular complexity index is 1090. The van der Waals surface area contributed by atoms with Crippen LogP contribution in [0.3, 0.4) is 0 Å². The molecule has 0 aliphatic heterocycles. The molecule has 0 fully saturated rings. The number of nitrogens with one attached hydrogen (secondary N) is 1. The average Bonchev–Trinajstić information content (AvgIpc) is 3.01. The Kier molecular flexibility index (Phi) is 5.81. The van der Waals surface area contributed by atoms with Crippen molar-refractivity contribution in [2.24, 2.45) is 0 Å². The molecular weight excluding hydrogens is 396 g/mol. The van der Waals surface area contributed by atoms with Crippen LogP contribution in [0.1, 0.15) is 10.4 Å². The predicted octanol–water partition coefficient (Wildman–Crippen LogP) is 3.71. The smallest absolute Gasteiger partial charge is 0.230 e. The van der Waals surface area contributed by atoms with Crippen LogP contribution >= 0.6 is 11.3 Å². The first-order valence-electron chi connectivity index (χ1n) is 8.47. The Morgan fingerprint density at radius 3 is 2.32 bits per heavy atom. The van der Waals surface area contributed by atoms with Crippen molar-refractivity contribution >= 4 is 32.2 Å². The van der Waals surface area contributed by atoms with Gasteiger partial charge in [0.25, 0.3) is 0 Å². The number of sulfone groups is 1. The molecule has 0 saturated heterocycles. The van der Waals surface area contributed by atoms with Crippen LogP contribution in [0.15, 0.2) is 53.4 Å². The number of methoxy groups -OCH3 is 1. The normalized spacial score (nSPS) is 11.2. The molecule has 0 aliphatic rings. The lowest BCUT2D eigenvalue weighted by Gasteiger charge is -2.04. The number of anilines is 1. The zero-order chi connectivity index (χ0) is 20.3. The van der Waals surface area contributed by atoms with Gasteiger partial charge in [0.2, 0.25) is 5.91 Å². The van der Waals surface area contributed by atoms with Gasteiger partial charge in [0.05, 0.1) is 24.1 Å². The number of thiazole rings is 1. The molecule has 1 amide bonds. The molecule has 0 unspecified atom stereocenters. The largest absolute Gasteiger partial charge is 0.497 e. The highest BCUT2D eigenvalue weighted by atomic mass is 32.2. The number of carbonyl (C=O) groups excluding carboxylic acids is 1. The molecule has 146 valence electrons. The van der Waals surface area contributed by atoms with Crippen LogP contribution in [0.5, 0.6) is 5.75 Å². The fraction of sp³-hybridized carbons (Fsp3) is 0.200. The number of amides is 1. The second-order valence-electron chi connectivity index (χ2n) is 6.29. The van der Waals surface area contributed by atoms with E-state index in [1.54, 1.807) is 19.2 Å². The van der Waals surface area contributed by atoms with Crippen molar-refractivity contribution < 1.29 is 17.9 Å². The Morgan fingerprint density at radius 1 is 1.11 bits per heavy atom. The molecule has 28 heavy (non-hydrogen) atoms. The van der Waals surface area contributed by atoms with Gasteiger partial charge in [-0.2, -0.15) is 0 Å². The SMILES string of the molecule is COc1ccc(-c2nc(NC(=O)Cc3ccc(S(C)(=O)=O)cc3)sc2C)cc1. The first-order valence-corrected chi connectivity index (χ1v) is 11.2. The Balaban J connectivity index is 1.69. The standard InChI is InChI=1S/C20H20N2O4S2/c1-13-19(15-6-8-16(26-2)9-7-15)22-20(27-13)21-18(23)12-14-4-10-17(11-5-14)28(3,24)25/h4-11H,12H2,1-3H3,(H,21,22,23). The number of ether oxygens (including phenoxy) is 1. The van der Waals surface area contributed by atoms with Crippen LogP contribution in [0, 0.1) is 6.92 Å². The summed E-state index contributed by atoms with van der Waals surface area (Å²) in [5.74, 6) is 0.564. The minimum atomic E-state index is -3.25. The van der Waals surface area contributed by atoms with E-state index < -0.39 is 9.84 Å². The van der Waals surface area contributed by atoms with Gasteiger partial charge in [-0.25, -0.2) is 13.4 Å². The molecule has 1 aromatic heterocycles. The number of nitrogens with zero attached hydrogens (tertiary/aromatic N) is 1. The molecule has 0 aliphatic carbocycles. The molecule has 3 aromatic rings. The predicted molar refractivity (Wildman–Crippen MR) is 111 cm³/mol. The highest BCUT2D eigenvalue weighted by Crippen LogP contribution is 2.31. The maximum absolute atomic E-state index is 12.3. The number of aromatic nitrogens is 1. The first-order chi connectivity index (χ1) is 13.3. The summed E-state index contributed by atoms with van der Waals surface area (Å²) in [6.45, 7) is 1.96. The van der Waals surface area contributed by atoms with E-state index in [2.05, 4.69) is 10.3 Å². The fourth-order valence-corrected chi connectivity index (χ4v) is 4.15. The van der Waals surface area contributed by atoms with Crippen molar-refractivity contribution in [2.45, 2.75) is 18.2 Å². The number of hydrogen-bond acceptors (Lipinski definition) is 6. The molecular formula is C20H20N2O4S2. The maximum atomic E-state index is 12.3. The topological polar surface area (TPSA) is 85.4 Å². The molecule has 6 nitrogen and oxygen atoms in total. The second-order valence-corrected chi connectivity index (χ2v) is 9.51. The molecule has 2 aromatic carbocycles. The van der Waals surface area contributed by atoms with Crippen LogP contribution in [0.4, 0.5) is 5.13 Å². The van der Waals surface area contributed by atoms with Gasteiger partial charge in [-0.15, -0.1) is 11.3 Å². The van der Waals surface area contributed by atoms with E-state index in [0.717, 1.165) is 33.7 Å². The van der Waals surface area contributed by atoms with Gasteiger partial charge in [0.15, 0.2) is 15.0 Å². The van der Waals surface area contributed by atoms with E-state index in [1.165, 1.54) is 23.5 Å². The monoisotopic (exact) mass is 416 g/mol. The summed E-state index contributed by atoms with van der Waals surface area (Å²) < 4.78 is 28.2. The van der Waals surface area contributed by atoms with Crippen molar-refractivity contribution in [3.63, 3.8) is 0 Å². The van der Waals surface area contributed by atoms with Crippen LogP contribution < -0.4 is 10.1 Å². The molecule has 8 heteroatoms. The molecule has 0 spiro atoms. The zero-order valence-electron chi connectivity index (χ0n) is 15.7. The minimum absolute atomic E-state index is 0.139. The van der Waals surface area contributed by atoms with Gasteiger partial charge in [0.1, 0.15) is 5.75 Å². The average molecular weight is 417 g/mol. The second kappa shape index (κ2) is 8.12. The van der Waals surface area contributed by atoms with Crippen molar-refractivity contribution in [1.29, 1.82) is 0 Å². The van der Waals surface area contributed by atoms with Gasteiger partial charge in [-0.3, -0.25) is 4.79 Å². The Labute approximate surface area is 168 Å². The highest BCUT2D eigenvalue weighted by Gasteiger charge is 2.13. The third-order valence-electron chi connectivity index (χ3n) is 4.12. The van der Waals surface area contributed by atoms with Gasteiger partial charge in [-0.1, -0.05) is 12.1 Å². The number of rotatable bonds is 6. The van der Waals surface area contributed by atoms with E-state index in [4.69, 9.17) is 4.74 Å². The van der Waals surface area contributed by atoms with E-state index in [1.807, 2.05) is 31.2 Å². The summed E-state index contributed by atoms with van der Waals surface area (Å²) in [4.78, 5) is 18.1. The third-order valence-corrected chi connectivity index (χ3v) is 6.14. The van der Waals surface area contributed by atoms with Crippen LogP contribution in [-0.4, -0.2) is 32.7 Å². The fourth-order valence-electron chi connectivity index (χ4n) is 2.67. The third kappa shape index (κ3) is 4.76. The number of benzene rings is 2. The molecule has 0 saturated carbocycles. The number of carbonyl (C=O) groups is 1. The Hall–Kier alpha value is -2.71. The summed E-state index contributed by atoms with van der Waals surface area (Å²) >= 11 is 1.41. The number of aryl methyl sites for hydroxylation is 1. The Morgan fingerprint density at radius 2 is 1.75 bits per heavy atom. The van der Waals surface area contributed by atoms with Crippen molar-refractivity contribution in [3.05, 3.63) is 59.0 Å². The van der Waals surface area contributed by atoms with Crippen LogP contribution in [0.25, 0.3) is 11.3 Å². The van der Waals surface area contributed by atoms with E-state index >= 15 is 0 Å². The maximum Gasteiger partial charge on any atom is 0.230 e. The lowest BCUT2D eigenvalue weighted by Crippen LogP contribution is -2.14. The molecule has 0 radical (unpaired) electrons. The molecule has 1 N–H and O–H groups in total. The van der Waals surface area contributed by atoms with Gasteiger partial charge >= 0.3 is 0 Å². The summed E-state index contributed by atoms with van der Waals surface area (Å²) in [5.41, 5.74) is 2.50. The molecule has 1 heterocycles. The molecule has 0 bridgehead atoms. The van der Waals surface area contributed by atoms with Gasteiger partial charge < -0.3 is 10.1 Å². The lowest BCUT2D eigenvalue weighted by molar-refractivity contribution is -0.115. The molecule has 3 rings (SSSR count). The molecule has 0 atom stereocenters. The summed E-state index contributed by atoms with van der Waals surface area (Å²) in [6, 6.07) is 13.9. The van der Waals surface area contributed by atoms with Gasteiger partial charge in [-0.05, 0) is 48.9 Å². The zero-order valence-corrected chi connectivity index (χ0v) is 17.4. The van der Waals surface area contributed by atoms with Crippen molar-refractivity contribution in [1.82, 2.24) is 4.98 Å². The van der Waals surface area contributed by atoms with Crippen LogP contribution in [0.2, 0.25) is 0 Å². The highest BCUT2D eigenvalue weighted by molar-refractivity contribution is 7.90. The summed E-state index contributed by atoms with van der Waals surface area (Å²) in [7, 11) is -1.63. The van der Waals surface area contributed by atoms with Crippen LogP contribution in [-0.2, 0) is 21.1 Å². The van der Waals surface area contributed by atoms with Crippen molar-refractivity contribution in [2.75, 3.05) is 18.7 Å².